The number of hydrogen-bond donors (Lipinski definition) is 0. The number of hydrogen-bond acceptors (Lipinski definition) is 1. The van der Waals surface area contributed by atoms with E-state index >= 15 is 0 Å². The predicted molar refractivity (Wildman–Crippen MR) is 61.6 cm³/mol. The Morgan fingerprint density at radius 2 is 1.79 bits per heavy atom. The standard InChI is InChI=1S/C11H22ClNO/c1-5-10(6-2)11(14)13(8-7-12)9(3)4/h9-10H,5-8H2,1-4H3. The van der Waals surface area contributed by atoms with Crippen molar-refractivity contribution < 1.29 is 4.79 Å². The van der Waals surface area contributed by atoms with Crippen molar-refractivity contribution in [3.63, 3.8) is 0 Å². The predicted octanol–water partition coefficient (Wildman–Crippen LogP) is 2.90. The van der Waals surface area contributed by atoms with Crippen molar-refractivity contribution in [3.8, 4) is 0 Å². The molecule has 0 aliphatic carbocycles. The molecular weight excluding hydrogens is 198 g/mol. The van der Waals surface area contributed by atoms with E-state index < -0.39 is 0 Å². The van der Waals surface area contributed by atoms with Gasteiger partial charge in [0.05, 0.1) is 0 Å². The highest BCUT2D eigenvalue weighted by atomic mass is 35.5. The molecule has 0 aromatic rings. The number of carbonyl (C=O) groups excluding carboxylic acids is 1. The molecule has 2 nitrogen and oxygen atoms in total. The number of nitrogens with zero attached hydrogens (tertiary/aromatic N) is 1. The van der Waals surface area contributed by atoms with Crippen LogP contribution in [0.2, 0.25) is 0 Å². The van der Waals surface area contributed by atoms with Gasteiger partial charge in [0.25, 0.3) is 0 Å². The van der Waals surface area contributed by atoms with Crippen LogP contribution in [0.15, 0.2) is 0 Å². The van der Waals surface area contributed by atoms with Crippen molar-refractivity contribution in [1.29, 1.82) is 0 Å². The molecule has 84 valence electrons. The minimum Gasteiger partial charge on any atom is -0.339 e. The van der Waals surface area contributed by atoms with Gasteiger partial charge in [-0.25, -0.2) is 0 Å². The van der Waals surface area contributed by atoms with Gasteiger partial charge < -0.3 is 4.90 Å². The van der Waals surface area contributed by atoms with Crippen LogP contribution in [0.1, 0.15) is 40.5 Å². The Hall–Kier alpha value is -0.240. The Morgan fingerprint density at radius 3 is 2.07 bits per heavy atom. The van der Waals surface area contributed by atoms with Gasteiger partial charge >= 0.3 is 0 Å². The van der Waals surface area contributed by atoms with Crippen molar-refractivity contribution in [2.24, 2.45) is 5.92 Å². The minimum absolute atomic E-state index is 0.167. The third kappa shape index (κ3) is 3.87. The lowest BCUT2D eigenvalue weighted by molar-refractivity contribution is -0.137. The summed E-state index contributed by atoms with van der Waals surface area (Å²) in [4.78, 5) is 13.9. The molecule has 0 radical (unpaired) electrons. The lowest BCUT2D eigenvalue weighted by Gasteiger charge is -2.29. The van der Waals surface area contributed by atoms with Gasteiger partial charge in [-0.1, -0.05) is 13.8 Å². The van der Waals surface area contributed by atoms with Gasteiger partial charge in [-0.3, -0.25) is 4.79 Å². The van der Waals surface area contributed by atoms with Gasteiger partial charge in [0, 0.05) is 24.4 Å². The summed E-state index contributed by atoms with van der Waals surface area (Å²) in [6.07, 6.45) is 1.83. The summed E-state index contributed by atoms with van der Waals surface area (Å²) in [6.45, 7) is 8.85. The maximum Gasteiger partial charge on any atom is 0.225 e. The van der Waals surface area contributed by atoms with Gasteiger partial charge in [-0.2, -0.15) is 0 Å². The molecule has 0 aliphatic rings. The molecule has 0 spiro atoms. The summed E-state index contributed by atoms with van der Waals surface area (Å²) >= 11 is 5.68. The van der Waals surface area contributed by atoms with Crippen molar-refractivity contribution in [3.05, 3.63) is 0 Å². The fourth-order valence-electron chi connectivity index (χ4n) is 1.59. The molecule has 14 heavy (non-hydrogen) atoms. The van der Waals surface area contributed by atoms with Crippen molar-refractivity contribution in [2.45, 2.75) is 46.6 Å². The van der Waals surface area contributed by atoms with Gasteiger partial charge in [0.15, 0.2) is 0 Å². The third-order valence-corrected chi connectivity index (χ3v) is 2.74. The van der Waals surface area contributed by atoms with Crippen LogP contribution in [0.25, 0.3) is 0 Å². The molecule has 0 atom stereocenters. The molecule has 0 aliphatic heterocycles. The lowest BCUT2D eigenvalue weighted by atomic mass is 10.0. The zero-order chi connectivity index (χ0) is 11.1. The summed E-state index contributed by atoms with van der Waals surface area (Å²) < 4.78 is 0. The van der Waals surface area contributed by atoms with E-state index in [0.717, 1.165) is 12.8 Å². The Bertz CT molecular complexity index is 167. The van der Waals surface area contributed by atoms with Crippen LogP contribution >= 0.6 is 11.6 Å². The zero-order valence-corrected chi connectivity index (χ0v) is 10.5. The molecule has 0 heterocycles. The molecule has 0 aromatic heterocycles. The monoisotopic (exact) mass is 219 g/mol. The fourth-order valence-corrected chi connectivity index (χ4v) is 1.77. The van der Waals surface area contributed by atoms with Gasteiger partial charge in [0.1, 0.15) is 0 Å². The molecular formula is C11H22ClNO. The zero-order valence-electron chi connectivity index (χ0n) is 9.72. The molecule has 0 saturated carbocycles. The van der Waals surface area contributed by atoms with E-state index in [2.05, 4.69) is 13.8 Å². The average Bonchev–Trinajstić information content (AvgIpc) is 2.15. The van der Waals surface area contributed by atoms with E-state index in [1.54, 1.807) is 0 Å². The van der Waals surface area contributed by atoms with Crippen LogP contribution in [-0.4, -0.2) is 29.3 Å². The summed E-state index contributed by atoms with van der Waals surface area (Å²) in [5.74, 6) is 0.940. The van der Waals surface area contributed by atoms with E-state index in [9.17, 15) is 4.79 Å². The van der Waals surface area contributed by atoms with Gasteiger partial charge in [0.2, 0.25) is 5.91 Å². The van der Waals surface area contributed by atoms with Crippen LogP contribution in [-0.2, 0) is 4.79 Å². The number of alkyl halides is 1. The second-order valence-electron chi connectivity index (χ2n) is 3.83. The van der Waals surface area contributed by atoms with Crippen LogP contribution < -0.4 is 0 Å². The molecule has 0 fully saturated rings. The van der Waals surface area contributed by atoms with Crippen molar-refractivity contribution in [1.82, 2.24) is 4.90 Å². The average molecular weight is 220 g/mol. The Kier molecular flexibility index (Phi) is 6.98. The second-order valence-corrected chi connectivity index (χ2v) is 4.21. The molecule has 0 saturated heterocycles. The number of amides is 1. The Balaban J connectivity index is 4.40. The van der Waals surface area contributed by atoms with Gasteiger partial charge in [-0.05, 0) is 26.7 Å². The number of halogens is 1. The molecule has 0 rings (SSSR count). The molecule has 0 bridgehead atoms. The highest BCUT2D eigenvalue weighted by Crippen LogP contribution is 2.14. The Morgan fingerprint density at radius 1 is 1.29 bits per heavy atom. The molecule has 3 heteroatoms. The van der Waals surface area contributed by atoms with Crippen LogP contribution in [0.5, 0.6) is 0 Å². The Labute approximate surface area is 92.6 Å². The van der Waals surface area contributed by atoms with Gasteiger partial charge in [-0.15, -0.1) is 11.6 Å². The largest absolute Gasteiger partial charge is 0.339 e. The molecule has 0 aromatic carbocycles. The highest BCUT2D eigenvalue weighted by Gasteiger charge is 2.22. The smallest absolute Gasteiger partial charge is 0.225 e. The summed E-state index contributed by atoms with van der Waals surface area (Å²) in [5, 5.41) is 0. The fraction of sp³-hybridized carbons (Fsp3) is 0.909. The normalized spacial score (nSPS) is 11.1. The number of carbonyl (C=O) groups is 1. The van der Waals surface area contributed by atoms with Crippen molar-refractivity contribution >= 4 is 17.5 Å². The lowest BCUT2D eigenvalue weighted by Crippen LogP contribution is -2.41. The summed E-state index contributed by atoms with van der Waals surface area (Å²) in [7, 11) is 0. The number of rotatable bonds is 6. The molecule has 0 unspecified atom stereocenters. The third-order valence-electron chi connectivity index (χ3n) is 2.57. The van der Waals surface area contributed by atoms with E-state index in [1.807, 2.05) is 18.7 Å². The van der Waals surface area contributed by atoms with E-state index in [1.165, 1.54) is 0 Å². The van der Waals surface area contributed by atoms with Crippen LogP contribution in [0, 0.1) is 5.92 Å². The van der Waals surface area contributed by atoms with Crippen LogP contribution in [0.4, 0.5) is 0 Å². The molecule has 1 amide bonds. The molecule has 0 N–H and O–H groups in total. The first-order valence-electron chi connectivity index (χ1n) is 5.44. The first-order valence-corrected chi connectivity index (χ1v) is 5.98. The van der Waals surface area contributed by atoms with E-state index in [0.29, 0.717) is 12.4 Å². The van der Waals surface area contributed by atoms with Crippen molar-refractivity contribution in [2.75, 3.05) is 12.4 Å². The first-order chi connectivity index (χ1) is 6.58. The SMILES string of the molecule is CCC(CC)C(=O)N(CCCl)C(C)C. The second kappa shape index (κ2) is 7.10. The highest BCUT2D eigenvalue weighted by molar-refractivity contribution is 6.18. The topological polar surface area (TPSA) is 20.3 Å². The maximum atomic E-state index is 12.0. The quantitative estimate of drug-likeness (QED) is 0.630. The summed E-state index contributed by atoms with van der Waals surface area (Å²) in [6, 6.07) is 0.252. The van der Waals surface area contributed by atoms with E-state index in [4.69, 9.17) is 11.6 Å². The van der Waals surface area contributed by atoms with Crippen LogP contribution in [0.3, 0.4) is 0 Å². The summed E-state index contributed by atoms with van der Waals surface area (Å²) in [5.41, 5.74) is 0. The maximum absolute atomic E-state index is 12.0. The van der Waals surface area contributed by atoms with E-state index in [-0.39, 0.29) is 17.9 Å². The first kappa shape index (κ1) is 13.8. The minimum atomic E-state index is 0.167.